The number of urea groups is 1. The van der Waals surface area contributed by atoms with Crippen LogP contribution in [0.15, 0.2) is 30.6 Å². The van der Waals surface area contributed by atoms with Crippen LogP contribution < -0.4 is 15.5 Å². The van der Waals surface area contributed by atoms with Gasteiger partial charge in [0.25, 0.3) is 5.69 Å². The maximum atomic E-state index is 12.1. The lowest BCUT2D eigenvalue weighted by Gasteiger charge is -2.36. The van der Waals surface area contributed by atoms with Crippen LogP contribution in [0, 0.1) is 10.1 Å². The minimum Gasteiger partial charge on any atom is -0.368 e. The molecule has 2 aliphatic rings. The van der Waals surface area contributed by atoms with Gasteiger partial charge >= 0.3 is 6.03 Å². The molecule has 2 fully saturated rings. The molecule has 0 unspecified atom stereocenters. The normalized spacial score (nSPS) is 17.2. The minimum atomic E-state index is -0.429. The van der Waals surface area contributed by atoms with Crippen molar-refractivity contribution in [1.82, 2.24) is 20.5 Å². The van der Waals surface area contributed by atoms with Crippen molar-refractivity contribution in [2.24, 2.45) is 0 Å². The molecule has 4 rings (SSSR count). The van der Waals surface area contributed by atoms with Crippen molar-refractivity contribution >= 4 is 34.1 Å². The van der Waals surface area contributed by atoms with Crippen LogP contribution in [-0.2, 0) is 4.79 Å². The van der Waals surface area contributed by atoms with Crippen LogP contribution >= 0.6 is 0 Å². The van der Waals surface area contributed by atoms with E-state index < -0.39 is 11.0 Å². The number of carbonyl (C=O) groups is 2. The second-order valence-electron chi connectivity index (χ2n) is 7.34. The minimum absolute atomic E-state index is 0.0385. The number of piperazine rings is 1. The molecule has 0 radical (unpaired) electrons. The van der Waals surface area contributed by atoms with E-state index in [1.807, 2.05) is 4.90 Å². The number of fused-ring (bicyclic) bond motifs is 1. The largest absolute Gasteiger partial charge is 0.368 e. The summed E-state index contributed by atoms with van der Waals surface area (Å²) in [6.45, 7) is 2.83. The summed E-state index contributed by atoms with van der Waals surface area (Å²) >= 11 is 0. The second-order valence-corrected chi connectivity index (χ2v) is 7.34. The van der Waals surface area contributed by atoms with Gasteiger partial charge in [-0.05, 0) is 25.0 Å². The number of nitro groups is 1. The number of non-ortho nitro benzene ring substituents is 1. The third kappa shape index (κ3) is 4.43. The first-order chi connectivity index (χ1) is 14.0. The topological polar surface area (TPSA) is 121 Å². The Bertz CT molecular complexity index is 953. The summed E-state index contributed by atoms with van der Waals surface area (Å²) in [7, 11) is 0. The van der Waals surface area contributed by atoms with E-state index >= 15 is 0 Å². The zero-order chi connectivity index (χ0) is 20.4. The van der Waals surface area contributed by atoms with E-state index in [4.69, 9.17) is 0 Å². The first-order valence-corrected chi connectivity index (χ1v) is 9.60. The number of hydrogen-bond donors (Lipinski definition) is 2. The summed E-state index contributed by atoms with van der Waals surface area (Å²) in [6, 6.07) is 4.85. The fraction of sp³-hybridized carbons (Fsp3) is 0.421. The van der Waals surface area contributed by atoms with Crippen molar-refractivity contribution in [3.05, 3.63) is 40.7 Å². The monoisotopic (exact) mass is 398 g/mol. The molecule has 10 heteroatoms. The van der Waals surface area contributed by atoms with Gasteiger partial charge < -0.3 is 10.2 Å². The molecule has 2 N–H and O–H groups in total. The molecule has 1 saturated carbocycles. The number of pyridine rings is 1. The van der Waals surface area contributed by atoms with Crippen molar-refractivity contribution in [3.63, 3.8) is 0 Å². The Morgan fingerprint density at radius 1 is 1.14 bits per heavy atom. The first kappa shape index (κ1) is 19.1. The number of nitrogens with one attached hydrogen (secondary N) is 2. The van der Waals surface area contributed by atoms with Crippen LogP contribution in [0.4, 0.5) is 16.2 Å². The van der Waals surface area contributed by atoms with Crippen molar-refractivity contribution < 1.29 is 14.5 Å². The average Bonchev–Trinajstić information content (AvgIpc) is 3.51. The van der Waals surface area contributed by atoms with Crippen LogP contribution in [0.25, 0.3) is 10.8 Å². The van der Waals surface area contributed by atoms with Gasteiger partial charge in [0, 0.05) is 61.8 Å². The van der Waals surface area contributed by atoms with Gasteiger partial charge in [0.1, 0.15) is 0 Å². The summed E-state index contributed by atoms with van der Waals surface area (Å²) in [5.41, 5.74) is 0.956. The fourth-order valence-corrected chi connectivity index (χ4v) is 3.56. The first-order valence-electron chi connectivity index (χ1n) is 9.60. The van der Waals surface area contributed by atoms with Gasteiger partial charge in [0.05, 0.1) is 16.9 Å². The summed E-state index contributed by atoms with van der Waals surface area (Å²) < 4.78 is 0. The molecule has 2 heterocycles. The van der Waals surface area contributed by atoms with E-state index in [1.165, 1.54) is 12.3 Å². The van der Waals surface area contributed by atoms with Crippen molar-refractivity contribution in [2.75, 3.05) is 37.6 Å². The average molecular weight is 398 g/mol. The third-order valence-corrected chi connectivity index (χ3v) is 5.21. The van der Waals surface area contributed by atoms with Crippen molar-refractivity contribution in [3.8, 4) is 0 Å². The summed E-state index contributed by atoms with van der Waals surface area (Å²) in [5.74, 6) is -0.316. The molecular formula is C19H22N6O4. The molecule has 1 aromatic heterocycles. The lowest BCUT2D eigenvalue weighted by atomic mass is 10.1. The number of nitro benzene ring substituents is 1. The molecule has 10 nitrogen and oxygen atoms in total. The molecule has 152 valence electrons. The molecular weight excluding hydrogens is 376 g/mol. The highest BCUT2D eigenvalue weighted by Gasteiger charge is 2.25. The lowest BCUT2D eigenvalue weighted by molar-refractivity contribution is -0.383. The molecule has 1 aliphatic carbocycles. The van der Waals surface area contributed by atoms with Crippen molar-refractivity contribution in [2.45, 2.75) is 18.9 Å². The third-order valence-electron chi connectivity index (χ3n) is 5.21. The van der Waals surface area contributed by atoms with Gasteiger partial charge in [-0.15, -0.1) is 0 Å². The van der Waals surface area contributed by atoms with E-state index in [0.29, 0.717) is 31.6 Å². The van der Waals surface area contributed by atoms with Crippen LogP contribution in [0.3, 0.4) is 0 Å². The van der Waals surface area contributed by atoms with Crippen molar-refractivity contribution in [1.29, 1.82) is 0 Å². The highest BCUT2D eigenvalue weighted by Crippen LogP contribution is 2.33. The van der Waals surface area contributed by atoms with E-state index in [0.717, 1.165) is 23.9 Å². The Morgan fingerprint density at radius 3 is 2.59 bits per heavy atom. The van der Waals surface area contributed by atoms with Gasteiger partial charge in [-0.25, -0.2) is 4.79 Å². The lowest BCUT2D eigenvalue weighted by Crippen LogP contribution is -2.51. The molecule has 0 atom stereocenters. The number of rotatable bonds is 5. The van der Waals surface area contributed by atoms with E-state index in [9.17, 15) is 19.7 Å². The maximum absolute atomic E-state index is 12.1. The number of aromatic nitrogens is 1. The number of carbonyl (C=O) groups excluding carboxylic acids is 2. The number of benzene rings is 1. The van der Waals surface area contributed by atoms with Crippen LogP contribution in [0.5, 0.6) is 0 Å². The summed E-state index contributed by atoms with van der Waals surface area (Å²) in [5, 5.41) is 17.7. The standard InChI is InChI=1S/C19H22N6O4/c26-18(22-19(27)21-13-1-2-13)12-23-7-9-24(10-8-23)16-3-4-17(25(28)29)15-11-20-6-5-14(15)16/h3-6,11,13H,1-2,7-10,12H2,(H2,21,22,26,27). The summed E-state index contributed by atoms with van der Waals surface area (Å²) in [6.07, 6.45) is 5.08. The zero-order valence-electron chi connectivity index (χ0n) is 15.8. The van der Waals surface area contributed by atoms with E-state index in [1.54, 1.807) is 18.3 Å². The Labute approximate surface area is 167 Å². The molecule has 0 spiro atoms. The molecule has 1 aliphatic heterocycles. The smallest absolute Gasteiger partial charge is 0.321 e. The molecule has 2 aromatic rings. The maximum Gasteiger partial charge on any atom is 0.321 e. The number of anilines is 1. The number of amides is 3. The van der Waals surface area contributed by atoms with Gasteiger partial charge in [-0.3, -0.25) is 30.1 Å². The van der Waals surface area contributed by atoms with Gasteiger partial charge in [0.2, 0.25) is 5.91 Å². The van der Waals surface area contributed by atoms with E-state index in [2.05, 4.69) is 20.5 Å². The quantitative estimate of drug-likeness (QED) is 0.574. The summed E-state index contributed by atoms with van der Waals surface area (Å²) in [4.78, 5) is 42.8. The molecule has 1 saturated heterocycles. The predicted molar refractivity (Wildman–Crippen MR) is 107 cm³/mol. The second kappa shape index (κ2) is 8.00. The van der Waals surface area contributed by atoms with Crippen LogP contribution in [0.2, 0.25) is 0 Å². The zero-order valence-corrected chi connectivity index (χ0v) is 15.8. The Balaban J connectivity index is 1.37. The molecule has 3 amide bonds. The number of hydrogen-bond acceptors (Lipinski definition) is 7. The van der Waals surface area contributed by atoms with Crippen LogP contribution in [-0.4, -0.2) is 65.5 Å². The molecule has 1 aromatic carbocycles. The SMILES string of the molecule is O=C(CN1CCN(c2ccc([N+](=O)[O-])c3cnccc23)CC1)NC(=O)NC1CC1. The number of imide groups is 1. The predicted octanol–water partition coefficient (Wildman–Crippen LogP) is 1.25. The van der Waals surface area contributed by atoms with E-state index in [-0.39, 0.29) is 24.2 Å². The Hall–Kier alpha value is -3.27. The van der Waals surface area contributed by atoms with Crippen LogP contribution in [0.1, 0.15) is 12.8 Å². The van der Waals surface area contributed by atoms with Gasteiger partial charge in [-0.1, -0.05) is 0 Å². The molecule has 0 bridgehead atoms. The Kier molecular flexibility index (Phi) is 5.26. The van der Waals surface area contributed by atoms with Gasteiger partial charge in [-0.2, -0.15) is 0 Å². The Morgan fingerprint density at radius 2 is 1.90 bits per heavy atom. The number of nitrogens with zero attached hydrogens (tertiary/aromatic N) is 4. The highest BCUT2D eigenvalue weighted by molar-refractivity contribution is 5.99. The fourth-order valence-electron chi connectivity index (χ4n) is 3.56. The molecule has 29 heavy (non-hydrogen) atoms. The highest BCUT2D eigenvalue weighted by atomic mass is 16.6. The van der Waals surface area contributed by atoms with Gasteiger partial charge in [0.15, 0.2) is 0 Å².